The van der Waals surface area contributed by atoms with E-state index in [0.717, 1.165) is 0 Å². The maximum Gasteiger partial charge on any atom is 0.264 e. The Morgan fingerprint density at radius 2 is 1.25 bits per heavy atom. The quantitative estimate of drug-likeness (QED) is 0.165. The number of aryl methyl sites for hydroxylation is 1. The molecule has 1 aliphatic carbocycles. The largest absolute Gasteiger partial charge is 0.311 e. The Kier molecular flexibility index (Phi) is 7.40. The zero-order valence-corrected chi connectivity index (χ0v) is 34.3. The van der Waals surface area contributed by atoms with Crippen LogP contribution in [0.15, 0.2) is 97.1 Å². The maximum absolute atomic E-state index is 2.71. The van der Waals surface area contributed by atoms with Crippen LogP contribution in [0.25, 0.3) is 10.8 Å². The van der Waals surface area contributed by atoms with Crippen molar-refractivity contribution in [1.82, 2.24) is 0 Å². The molecule has 0 radical (unpaired) electrons. The van der Waals surface area contributed by atoms with E-state index in [1.165, 1.54) is 90.1 Å². The Bertz CT molecular complexity index is 2450. The summed E-state index contributed by atoms with van der Waals surface area (Å²) in [4.78, 5) is 6.85. The van der Waals surface area contributed by atoms with E-state index < -0.39 is 0 Å². The first-order chi connectivity index (χ1) is 25.0. The zero-order valence-electron chi connectivity index (χ0n) is 33.5. The molecule has 4 heteroatoms. The molecule has 0 saturated heterocycles. The van der Waals surface area contributed by atoms with Gasteiger partial charge in [0.2, 0.25) is 0 Å². The molecule has 6 aromatic rings. The van der Waals surface area contributed by atoms with Crippen LogP contribution < -0.4 is 25.5 Å². The van der Waals surface area contributed by atoms with Gasteiger partial charge in [-0.3, -0.25) is 0 Å². The Balaban J connectivity index is 1.43. The number of hydrogen-bond donors (Lipinski definition) is 0. The summed E-state index contributed by atoms with van der Waals surface area (Å²) >= 11 is 2.11. The molecule has 2 nitrogen and oxygen atoms in total. The standard InChI is InChI=1S/C49H53BN2S/c1-30-27-39-42-40(28-30)52(37-18-14-16-31-15-12-13-17-35(31)37)43-41-44(49(10,11)26-25-48(41,8)9)53-45(43)50(42)36-29-33(47(5,6)7)21-24-38(36)51(39)34-22-19-32(20-23-34)46(2,3)4/h12-24,27-29H,25-26H2,1-11H3. The summed E-state index contributed by atoms with van der Waals surface area (Å²) in [6, 6.07) is 37.5. The molecule has 1 aromatic heterocycles. The third kappa shape index (κ3) is 5.18. The second kappa shape index (κ2) is 11.4. The highest BCUT2D eigenvalue weighted by molar-refractivity contribution is 7.29. The molecule has 0 bridgehead atoms. The monoisotopic (exact) mass is 712 g/mol. The van der Waals surface area contributed by atoms with Crippen molar-refractivity contribution in [1.29, 1.82) is 0 Å². The lowest BCUT2D eigenvalue weighted by molar-refractivity contribution is 0.339. The van der Waals surface area contributed by atoms with Gasteiger partial charge in [-0.05, 0) is 116 Å². The lowest BCUT2D eigenvalue weighted by atomic mass is 9.35. The summed E-state index contributed by atoms with van der Waals surface area (Å²) in [5, 5.41) is 2.57. The van der Waals surface area contributed by atoms with Crippen LogP contribution in [0.1, 0.15) is 109 Å². The third-order valence-corrected chi connectivity index (χ3v) is 14.2. The average molecular weight is 713 g/mol. The fraction of sp³-hybridized carbons (Fsp3) is 0.347. The number of fused-ring (bicyclic) bond motifs is 7. The second-order valence-corrected chi connectivity index (χ2v) is 20.5. The fourth-order valence-electron chi connectivity index (χ4n) is 9.43. The highest BCUT2D eigenvalue weighted by atomic mass is 32.1. The van der Waals surface area contributed by atoms with Gasteiger partial charge in [0.15, 0.2) is 0 Å². The van der Waals surface area contributed by atoms with Gasteiger partial charge in [0.1, 0.15) is 0 Å². The SMILES string of the molecule is Cc1cc2c3c(c1)N(c1cccc4ccccc14)c1c(sc4c1C(C)(C)CCC4(C)C)B3c1cc(C(C)(C)C)ccc1N2c1ccc(C(C)(C)C)cc1. The molecule has 3 aliphatic rings. The first kappa shape index (κ1) is 34.5. The Hall–Kier alpha value is -4.28. The summed E-state index contributed by atoms with van der Waals surface area (Å²) in [6.45, 7) is 26.4. The molecule has 0 saturated carbocycles. The van der Waals surface area contributed by atoms with Gasteiger partial charge in [-0.15, -0.1) is 0 Å². The van der Waals surface area contributed by atoms with Crippen LogP contribution in [0.4, 0.5) is 34.1 Å². The Morgan fingerprint density at radius 3 is 1.94 bits per heavy atom. The molecule has 9 rings (SSSR count). The Morgan fingerprint density at radius 1 is 0.623 bits per heavy atom. The normalized spacial score (nSPS) is 17.0. The van der Waals surface area contributed by atoms with Gasteiger partial charge < -0.3 is 9.80 Å². The number of nitrogens with zero attached hydrogens (tertiary/aromatic N) is 2. The molecule has 0 spiro atoms. The minimum atomic E-state index is 0.0236. The van der Waals surface area contributed by atoms with Crippen molar-refractivity contribution in [2.45, 2.75) is 111 Å². The van der Waals surface area contributed by atoms with Gasteiger partial charge in [-0.25, -0.2) is 0 Å². The topological polar surface area (TPSA) is 6.48 Å². The van der Waals surface area contributed by atoms with Crippen molar-refractivity contribution in [3.63, 3.8) is 0 Å². The van der Waals surface area contributed by atoms with E-state index in [1.807, 2.05) is 0 Å². The van der Waals surface area contributed by atoms with Crippen LogP contribution in [-0.2, 0) is 21.7 Å². The third-order valence-electron chi connectivity index (χ3n) is 12.6. The molecule has 0 N–H and O–H groups in total. The zero-order chi connectivity index (χ0) is 37.4. The van der Waals surface area contributed by atoms with E-state index in [-0.39, 0.29) is 28.4 Å². The predicted octanol–water partition coefficient (Wildman–Crippen LogP) is 12.2. The number of rotatable bonds is 2. The summed E-state index contributed by atoms with van der Waals surface area (Å²) < 4.78 is 1.50. The highest BCUT2D eigenvalue weighted by Gasteiger charge is 2.51. The van der Waals surface area contributed by atoms with Crippen LogP contribution >= 0.6 is 11.3 Å². The predicted molar refractivity (Wildman–Crippen MR) is 233 cm³/mol. The molecule has 268 valence electrons. The van der Waals surface area contributed by atoms with Crippen molar-refractivity contribution in [3.8, 4) is 0 Å². The van der Waals surface area contributed by atoms with E-state index in [4.69, 9.17) is 0 Å². The average Bonchev–Trinajstić information content (AvgIpc) is 3.52. The molecule has 0 amide bonds. The smallest absolute Gasteiger partial charge is 0.264 e. The van der Waals surface area contributed by atoms with Gasteiger partial charge in [0.25, 0.3) is 6.71 Å². The number of hydrogen-bond acceptors (Lipinski definition) is 3. The number of anilines is 6. The maximum atomic E-state index is 2.71. The minimum Gasteiger partial charge on any atom is -0.311 e. The van der Waals surface area contributed by atoms with E-state index in [2.05, 4.69) is 194 Å². The molecule has 2 aliphatic heterocycles. The molecular formula is C49H53BN2S. The van der Waals surface area contributed by atoms with Crippen molar-refractivity contribution in [2.24, 2.45) is 0 Å². The summed E-state index contributed by atoms with van der Waals surface area (Å²) in [5.41, 5.74) is 16.5. The van der Waals surface area contributed by atoms with Crippen LogP contribution in [0.5, 0.6) is 0 Å². The molecule has 0 atom stereocenters. The van der Waals surface area contributed by atoms with Crippen LogP contribution in [-0.4, -0.2) is 6.71 Å². The minimum absolute atomic E-state index is 0.0236. The first-order valence-electron chi connectivity index (χ1n) is 19.6. The van der Waals surface area contributed by atoms with Crippen LogP contribution in [0.3, 0.4) is 0 Å². The summed E-state index contributed by atoms with van der Waals surface area (Å²) in [7, 11) is 0. The van der Waals surface area contributed by atoms with Gasteiger partial charge in [0, 0.05) is 37.8 Å². The summed E-state index contributed by atoms with van der Waals surface area (Å²) in [6.07, 6.45) is 2.38. The highest BCUT2D eigenvalue weighted by Crippen LogP contribution is 2.56. The molecule has 53 heavy (non-hydrogen) atoms. The molecule has 0 unspecified atom stereocenters. The molecule has 3 heterocycles. The van der Waals surface area contributed by atoms with E-state index in [9.17, 15) is 0 Å². The van der Waals surface area contributed by atoms with Gasteiger partial charge in [-0.2, -0.15) is 11.3 Å². The Labute approximate surface area is 322 Å². The van der Waals surface area contributed by atoms with Gasteiger partial charge in [0.05, 0.1) is 11.4 Å². The number of thiophene rings is 1. The van der Waals surface area contributed by atoms with Crippen LogP contribution in [0, 0.1) is 6.92 Å². The van der Waals surface area contributed by atoms with E-state index >= 15 is 0 Å². The van der Waals surface area contributed by atoms with Crippen molar-refractivity contribution in [3.05, 3.63) is 124 Å². The van der Waals surface area contributed by atoms with Crippen molar-refractivity contribution >= 4 is 78.6 Å². The van der Waals surface area contributed by atoms with Crippen molar-refractivity contribution in [2.75, 3.05) is 9.80 Å². The molecule has 0 fully saturated rings. The lowest BCUT2D eigenvalue weighted by Gasteiger charge is -2.46. The van der Waals surface area contributed by atoms with Crippen molar-refractivity contribution < 1.29 is 0 Å². The number of benzene rings is 5. The summed E-state index contributed by atoms with van der Waals surface area (Å²) in [5.74, 6) is 0. The van der Waals surface area contributed by atoms with Gasteiger partial charge >= 0.3 is 0 Å². The van der Waals surface area contributed by atoms with E-state index in [1.54, 1.807) is 10.4 Å². The second-order valence-electron chi connectivity index (χ2n) is 19.4. The van der Waals surface area contributed by atoms with E-state index in [0.29, 0.717) is 0 Å². The molecule has 5 aromatic carbocycles. The van der Waals surface area contributed by atoms with Gasteiger partial charge in [-0.1, -0.05) is 130 Å². The fourth-order valence-corrected chi connectivity index (χ4v) is 11.2. The first-order valence-corrected chi connectivity index (χ1v) is 20.4. The van der Waals surface area contributed by atoms with Crippen LogP contribution in [0.2, 0.25) is 0 Å². The molecular weight excluding hydrogens is 659 g/mol. The lowest BCUT2D eigenvalue weighted by Crippen LogP contribution is -2.61.